The number of rotatable bonds is 6. The molecule has 37 heavy (non-hydrogen) atoms. The van der Waals surface area contributed by atoms with E-state index in [1.807, 2.05) is 85.6 Å². The van der Waals surface area contributed by atoms with Crippen LogP contribution in [0.15, 0.2) is 84.7 Å². The minimum absolute atomic E-state index is 0.136. The van der Waals surface area contributed by atoms with Gasteiger partial charge in [0.15, 0.2) is 6.10 Å². The average molecular weight is 518 g/mol. The van der Waals surface area contributed by atoms with Crippen LogP contribution in [0, 0.1) is 6.92 Å². The molecule has 5 rings (SSSR count). The number of carbonyl (C=O) groups is 2. The van der Waals surface area contributed by atoms with E-state index in [9.17, 15) is 9.59 Å². The van der Waals surface area contributed by atoms with E-state index >= 15 is 0 Å². The zero-order valence-corrected chi connectivity index (χ0v) is 21.9. The van der Waals surface area contributed by atoms with Gasteiger partial charge in [-0.15, -0.1) is 0 Å². The minimum Gasteiger partial charge on any atom is -0.375 e. The molecule has 0 radical (unpaired) electrons. The van der Waals surface area contributed by atoms with Crippen molar-refractivity contribution in [2.75, 3.05) is 42.6 Å². The lowest BCUT2D eigenvalue weighted by atomic mass is 9.74. The quantitative estimate of drug-likeness (QED) is 0.436. The van der Waals surface area contributed by atoms with E-state index in [0.717, 1.165) is 16.8 Å². The topological polar surface area (TPSA) is 62.3 Å². The summed E-state index contributed by atoms with van der Waals surface area (Å²) in [5.74, 6) is 0.118. The molecule has 3 aromatic rings. The van der Waals surface area contributed by atoms with Crippen LogP contribution >= 0.6 is 11.6 Å². The molecule has 2 amide bonds. The van der Waals surface area contributed by atoms with Gasteiger partial charge >= 0.3 is 0 Å². The Balaban J connectivity index is 1.86. The highest BCUT2D eigenvalue weighted by Crippen LogP contribution is 2.53. The first-order valence-corrected chi connectivity index (χ1v) is 12.3. The molecule has 0 saturated carbocycles. The lowest BCUT2D eigenvalue weighted by Crippen LogP contribution is -2.72. The monoisotopic (exact) mass is 517 g/mol. The van der Waals surface area contributed by atoms with Crippen LogP contribution in [0.1, 0.15) is 11.1 Å². The average Bonchev–Trinajstić information content (AvgIpc) is 3.00. The molecular formula is C29H28ClN3O4. The molecule has 1 saturated heterocycles. The standard InChI is InChI=1S/C29H28ClN3O4/c1-19-9-5-6-10-22(19)31(2)25-17-29(20-13-15-21(30)16-14-20)27(37-4)28(35)33(29)24-12-8-7-11-23(24)32(25)26(34)18-36-3/h5-17,27H,18H2,1-4H3. The molecule has 0 spiro atoms. The van der Waals surface area contributed by atoms with Gasteiger partial charge < -0.3 is 14.4 Å². The second-order valence-electron chi connectivity index (χ2n) is 9.12. The first kappa shape index (κ1) is 25.0. The van der Waals surface area contributed by atoms with E-state index in [2.05, 4.69) is 0 Å². The van der Waals surface area contributed by atoms with Crippen molar-refractivity contribution in [3.8, 4) is 0 Å². The molecule has 0 aromatic heterocycles. The summed E-state index contributed by atoms with van der Waals surface area (Å²) in [5.41, 5.74) is 2.92. The molecule has 2 atom stereocenters. The van der Waals surface area contributed by atoms with Gasteiger partial charge in [-0.2, -0.15) is 0 Å². The molecule has 0 N–H and O–H groups in total. The van der Waals surface area contributed by atoms with Crippen molar-refractivity contribution in [3.05, 3.63) is 101 Å². The minimum atomic E-state index is -1.03. The van der Waals surface area contributed by atoms with Gasteiger partial charge in [-0.05, 0) is 54.5 Å². The summed E-state index contributed by atoms with van der Waals surface area (Å²) < 4.78 is 11.1. The molecule has 8 heteroatoms. The van der Waals surface area contributed by atoms with Crippen molar-refractivity contribution in [2.24, 2.45) is 0 Å². The molecule has 2 aliphatic heterocycles. The van der Waals surface area contributed by atoms with Crippen molar-refractivity contribution < 1.29 is 19.1 Å². The Morgan fingerprint density at radius 2 is 1.65 bits per heavy atom. The van der Waals surface area contributed by atoms with E-state index in [0.29, 0.717) is 22.2 Å². The van der Waals surface area contributed by atoms with E-state index in [1.165, 1.54) is 14.2 Å². The van der Waals surface area contributed by atoms with Crippen LogP contribution in [-0.2, 0) is 24.6 Å². The normalized spacial score (nSPS) is 20.4. The summed E-state index contributed by atoms with van der Waals surface area (Å²) in [6.45, 7) is 1.88. The molecule has 0 aliphatic carbocycles. The van der Waals surface area contributed by atoms with Crippen molar-refractivity contribution >= 4 is 40.5 Å². The highest BCUT2D eigenvalue weighted by atomic mass is 35.5. The summed E-state index contributed by atoms with van der Waals surface area (Å²) in [7, 11) is 4.93. The summed E-state index contributed by atoms with van der Waals surface area (Å²) >= 11 is 6.24. The van der Waals surface area contributed by atoms with E-state index in [-0.39, 0.29) is 18.4 Å². The van der Waals surface area contributed by atoms with Gasteiger partial charge in [0.1, 0.15) is 18.0 Å². The lowest BCUT2D eigenvalue weighted by Gasteiger charge is -2.55. The zero-order valence-electron chi connectivity index (χ0n) is 21.1. The molecule has 0 bridgehead atoms. The van der Waals surface area contributed by atoms with Gasteiger partial charge in [-0.3, -0.25) is 19.4 Å². The third kappa shape index (κ3) is 3.82. The molecule has 7 nitrogen and oxygen atoms in total. The number of methoxy groups -OCH3 is 2. The van der Waals surface area contributed by atoms with Gasteiger partial charge in [0.25, 0.3) is 11.8 Å². The van der Waals surface area contributed by atoms with Crippen LogP contribution in [-0.4, -0.2) is 45.8 Å². The first-order valence-electron chi connectivity index (χ1n) is 11.9. The number of nitrogens with zero attached hydrogens (tertiary/aromatic N) is 3. The third-order valence-electron chi connectivity index (χ3n) is 7.04. The van der Waals surface area contributed by atoms with Crippen molar-refractivity contribution in [2.45, 2.75) is 18.6 Å². The number of aryl methyl sites for hydroxylation is 1. The highest BCUT2D eigenvalue weighted by Gasteiger charge is 2.63. The number of fused-ring (bicyclic) bond motifs is 3. The van der Waals surface area contributed by atoms with Crippen molar-refractivity contribution in [1.29, 1.82) is 0 Å². The Kier molecular flexibility index (Phi) is 6.54. The van der Waals surface area contributed by atoms with Crippen molar-refractivity contribution in [3.63, 3.8) is 0 Å². The maximum atomic E-state index is 13.7. The molecule has 2 heterocycles. The first-order chi connectivity index (χ1) is 17.8. The van der Waals surface area contributed by atoms with E-state index < -0.39 is 11.6 Å². The second-order valence-corrected chi connectivity index (χ2v) is 9.56. The maximum Gasteiger partial charge on any atom is 0.260 e. The van der Waals surface area contributed by atoms with Crippen LogP contribution in [0.4, 0.5) is 17.1 Å². The number of hydrogen-bond donors (Lipinski definition) is 0. The Morgan fingerprint density at radius 1 is 1.00 bits per heavy atom. The Hall–Kier alpha value is -3.65. The Bertz CT molecular complexity index is 1390. The van der Waals surface area contributed by atoms with Crippen LogP contribution in [0.2, 0.25) is 5.02 Å². The van der Waals surface area contributed by atoms with Gasteiger partial charge in [-0.25, -0.2) is 0 Å². The highest BCUT2D eigenvalue weighted by molar-refractivity contribution is 6.30. The molecule has 2 unspecified atom stereocenters. The predicted molar refractivity (Wildman–Crippen MR) is 145 cm³/mol. The van der Waals surface area contributed by atoms with E-state index in [1.54, 1.807) is 21.9 Å². The Morgan fingerprint density at radius 3 is 2.30 bits per heavy atom. The largest absolute Gasteiger partial charge is 0.375 e. The van der Waals surface area contributed by atoms with E-state index in [4.69, 9.17) is 21.1 Å². The summed E-state index contributed by atoms with van der Waals surface area (Å²) in [4.78, 5) is 32.6. The molecule has 190 valence electrons. The number of hydrogen-bond acceptors (Lipinski definition) is 5. The second kappa shape index (κ2) is 9.67. The maximum absolute atomic E-state index is 13.7. The number of ether oxygens (including phenoxy) is 2. The smallest absolute Gasteiger partial charge is 0.260 e. The zero-order chi connectivity index (χ0) is 26.3. The number of carbonyl (C=O) groups excluding carboxylic acids is 2. The number of amides is 2. The van der Waals surface area contributed by atoms with Gasteiger partial charge in [0.05, 0.1) is 11.4 Å². The summed E-state index contributed by atoms with van der Waals surface area (Å²) in [6, 6.07) is 22.7. The molecule has 2 aliphatic rings. The fourth-order valence-electron chi connectivity index (χ4n) is 5.35. The van der Waals surface area contributed by atoms with Gasteiger partial charge in [0, 0.05) is 32.0 Å². The fraction of sp³-hybridized carbons (Fsp3) is 0.241. The molecule has 3 aromatic carbocycles. The van der Waals surface area contributed by atoms with Gasteiger partial charge in [-0.1, -0.05) is 54.1 Å². The number of halogens is 1. The van der Waals surface area contributed by atoms with Crippen LogP contribution in [0.5, 0.6) is 0 Å². The SMILES string of the molecule is COCC(=O)N1C(N(C)c2ccccc2C)=CC2(c3ccc(Cl)cc3)C(OC)C(=O)N2c2ccccc21. The lowest BCUT2D eigenvalue weighted by molar-refractivity contribution is -0.144. The summed E-state index contributed by atoms with van der Waals surface area (Å²) in [6.07, 6.45) is 1.14. The fourth-order valence-corrected chi connectivity index (χ4v) is 5.47. The molecule has 1 fully saturated rings. The number of benzene rings is 3. The molecular weight excluding hydrogens is 490 g/mol. The van der Waals surface area contributed by atoms with Gasteiger partial charge in [0.2, 0.25) is 0 Å². The number of anilines is 3. The number of β-lactam (4-membered cyclic amide) rings is 1. The van der Waals surface area contributed by atoms with Crippen LogP contribution in [0.3, 0.4) is 0 Å². The number of para-hydroxylation sites is 3. The summed E-state index contributed by atoms with van der Waals surface area (Å²) in [5, 5.41) is 0.582. The van der Waals surface area contributed by atoms with Crippen LogP contribution < -0.4 is 14.7 Å². The predicted octanol–water partition coefficient (Wildman–Crippen LogP) is 4.88. The van der Waals surface area contributed by atoms with Crippen molar-refractivity contribution in [1.82, 2.24) is 0 Å². The third-order valence-corrected chi connectivity index (χ3v) is 7.29. The Labute approximate surface area is 221 Å². The van der Waals surface area contributed by atoms with Crippen LogP contribution in [0.25, 0.3) is 0 Å².